The zero-order valence-corrected chi connectivity index (χ0v) is 14.8. The third-order valence-corrected chi connectivity index (χ3v) is 4.92. The first kappa shape index (κ1) is 16.5. The summed E-state index contributed by atoms with van der Waals surface area (Å²) in [6.45, 7) is 0. The Morgan fingerprint density at radius 2 is 2.00 bits per heavy atom. The van der Waals surface area contributed by atoms with Gasteiger partial charge in [0.2, 0.25) is 6.19 Å². The van der Waals surface area contributed by atoms with Crippen LogP contribution in [0, 0.1) is 11.5 Å². The summed E-state index contributed by atoms with van der Waals surface area (Å²) in [4.78, 5) is 15.9. The average Bonchev–Trinajstić information content (AvgIpc) is 3.19. The molecule has 2 heterocycles. The van der Waals surface area contributed by atoms with Crippen LogP contribution >= 0.6 is 23.4 Å². The molecular formula is C19H10ClN3O2S. The topological polar surface area (TPSA) is 78.4 Å². The van der Waals surface area contributed by atoms with Crippen LogP contribution < -0.4 is 5.32 Å². The second kappa shape index (κ2) is 6.71. The van der Waals surface area contributed by atoms with Crippen LogP contribution in [-0.4, -0.2) is 11.1 Å². The Morgan fingerprint density at radius 3 is 2.77 bits per heavy atom. The molecule has 1 N–H and O–H groups in total. The molecule has 1 fully saturated rings. The molecule has 2 aromatic carbocycles. The average molecular weight is 380 g/mol. The Bertz CT molecular complexity index is 1120. The van der Waals surface area contributed by atoms with Crippen LogP contribution in [0.1, 0.15) is 5.56 Å². The number of amides is 1. The van der Waals surface area contributed by atoms with Gasteiger partial charge in [-0.25, -0.2) is 0 Å². The molecule has 26 heavy (non-hydrogen) atoms. The molecule has 0 bridgehead atoms. The summed E-state index contributed by atoms with van der Waals surface area (Å²) >= 11 is 7.15. The number of hydrogen-bond acceptors (Lipinski definition) is 5. The standard InChI is InChI=1S/C19H10ClN3O2S/c20-14-5-6-15-13(8-14)9-16(25-15)12-3-1-11(2-4-12)7-17-18(24)23-19(26-17)22-10-21/h1-9H,(H,22,23,24)/b17-7+. The number of hydrogen-bond donors (Lipinski definition) is 1. The van der Waals surface area contributed by atoms with Crippen molar-refractivity contribution < 1.29 is 9.21 Å². The number of carbonyl (C=O) groups is 1. The maximum Gasteiger partial charge on any atom is 0.264 e. The number of benzene rings is 2. The third kappa shape index (κ3) is 3.23. The molecule has 1 aliphatic heterocycles. The van der Waals surface area contributed by atoms with Gasteiger partial charge in [-0.15, -0.1) is 4.99 Å². The predicted octanol–water partition coefficient (Wildman–Crippen LogP) is 4.79. The zero-order valence-electron chi connectivity index (χ0n) is 13.2. The zero-order chi connectivity index (χ0) is 18.1. The minimum Gasteiger partial charge on any atom is -0.456 e. The lowest BCUT2D eigenvalue weighted by atomic mass is 10.1. The fraction of sp³-hybridized carbons (Fsp3) is 0. The van der Waals surface area contributed by atoms with Crippen molar-refractivity contribution >= 4 is 51.5 Å². The van der Waals surface area contributed by atoms with Crippen molar-refractivity contribution in [1.29, 1.82) is 5.26 Å². The molecule has 1 aliphatic rings. The van der Waals surface area contributed by atoms with Gasteiger partial charge < -0.3 is 4.42 Å². The molecule has 0 atom stereocenters. The van der Waals surface area contributed by atoms with E-state index in [-0.39, 0.29) is 5.91 Å². The van der Waals surface area contributed by atoms with Crippen molar-refractivity contribution in [1.82, 2.24) is 5.32 Å². The molecule has 126 valence electrons. The molecular weight excluding hydrogens is 370 g/mol. The lowest BCUT2D eigenvalue weighted by Gasteiger charge is -1.99. The van der Waals surface area contributed by atoms with E-state index in [4.69, 9.17) is 21.3 Å². The van der Waals surface area contributed by atoms with Crippen molar-refractivity contribution in [2.24, 2.45) is 4.99 Å². The van der Waals surface area contributed by atoms with E-state index in [0.29, 0.717) is 15.1 Å². The van der Waals surface area contributed by atoms with Crippen LogP contribution in [0.3, 0.4) is 0 Å². The lowest BCUT2D eigenvalue weighted by molar-refractivity contribution is -0.115. The molecule has 0 radical (unpaired) electrons. The first-order chi connectivity index (χ1) is 12.6. The van der Waals surface area contributed by atoms with Crippen LogP contribution in [0.25, 0.3) is 28.4 Å². The number of furan rings is 1. The molecule has 1 amide bonds. The van der Waals surface area contributed by atoms with Gasteiger partial charge in [0.25, 0.3) is 5.91 Å². The van der Waals surface area contributed by atoms with Crippen LogP contribution in [0.15, 0.2) is 62.8 Å². The van der Waals surface area contributed by atoms with E-state index in [9.17, 15) is 4.79 Å². The van der Waals surface area contributed by atoms with Crippen molar-refractivity contribution in [2.45, 2.75) is 0 Å². The van der Waals surface area contributed by atoms with Gasteiger partial charge in [0.15, 0.2) is 5.17 Å². The predicted molar refractivity (Wildman–Crippen MR) is 103 cm³/mol. The van der Waals surface area contributed by atoms with Gasteiger partial charge in [-0.2, -0.15) is 5.26 Å². The number of nitriles is 1. The maximum absolute atomic E-state index is 11.9. The van der Waals surface area contributed by atoms with Gasteiger partial charge in [-0.3, -0.25) is 10.1 Å². The van der Waals surface area contributed by atoms with E-state index in [1.165, 1.54) is 0 Å². The van der Waals surface area contributed by atoms with Gasteiger partial charge in [0.05, 0.1) is 4.91 Å². The van der Waals surface area contributed by atoms with Crippen molar-refractivity contribution in [3.05, 3.63) is 64.0 Å². The minimum absolute atomic E-state index is 0.262. The Labute approximate surface area is 158 Å². The molecule has 3 aromatic rings. The van der Waals surface area contributed by atoms with Gasteiger partial charge in [-0.05, 0) is 47.7 Å². The van der Waals surface area contributed by atoms with E-state index in [0.717, 1.165) is 39.6 Å². The van der Waals surface area contributed by atoms with Crippen LogP contribution in [0.4, 0.5) is 0 Å². The van der Waals surface area contributed by atoms with Gasteiger partial charge in [0.1, 0.15) is 11.3 Å². The number of fused-ring (bicyclic) bond motifs is 1. The summed E-state index contributed by atoms with van der Waals surface area (Å²) in [7, 11) is 0. The maximum atomic E-state index is 11.9. The minimum atomic E-state index is -0.262. The number of halogens is 1. The van der Waals surface area contributed by atoms with E-state index >= 15 is 0 Å². The van der Waals surface area contributed by atoms with Crippen molar-refractivity contribution in [3.63, 3.8) is 0 Å². The third-order valence-electron chi connectivity index (χ3n) is 3.77. The molecule has 0 aliphatic carbocycles. The molecule has 0 saturated carbocycles. The Morgan fingerprint density at radius 1 is 1.19 bits per heavy atom. The number of amidine groups is 1. The quantitative estimate of drug-likeness (QED) is 0.512. The fourth-order valence-corrected chi connectivity index (χ4v) is 3.54. The Balaban J connectivity index is 1.60. The first-order valence-corrected chi connectivity index (χ1v) is 8.79. The normalized spacial score (nSPS) is 17.0. The monoisotopic (exact) mass is 379 g/mol. The fourth-order valence-electron chi connectivity index (χ4n) is 2.58. The van der Waals surface area contributed by atoms with E-state index in [1.807, 2.05) is 42.5 Å². The van der Waals surface area contributed by atoms with Gasteiger partial charge in [0, 0.05) is 16.0 Å². The summed E-state index contributed by atoms with van der Waals surface area (Å²) in [6.07, 6.45) is 3.41. The molecule has 1 aromatic heterocycles. The SMILES string of the molecule is N#CN=C1NC(=O)/C(=C\c2ccc(-c3cc4cc(Cl)ccc4o3)cc2)S1. The second-order valence-electron chi connectivity index (χ2n) is 5.50. The Hall–Kier alpha value is -3.01. The molecule has 7 heteroatoms. The summed E-state index contributed by atoms with van der Waals surface area (Å²) in [5.74, 6) is 0.486. The summed E-state index contributed by atoms with van der Waals surface area (Å²) in [6, 6.07) is 15.1. The number of carbonyl (C=O) groups excluding carboxylic acids is 1. The summed E-state index contributed by atoms with van der Waals surface area (Å²) in [5.41, 5.74) is 2.57. The largest absolute Gasteiger partial charge is 0.456 e. The highest BCUT2D eigenvalue weighted by Crippen LogP contribution is 2.31. The van der Waals surface area contributed by atoms with Gasteiger partial charge in [-0.1, -0.05) is 35.9 Å². The van der Waals surface area contributed by atoms with E-state index in [2.05, 4.69) is 10.3 Å². The van der Waals surface area contributed by atoms with Gasteiger partial charge >= 0.3 is 0 Å². The van der Waals surface area contributed by atoms with Crippen LogP contribution in [0.2, 0.25) is 5.02 Å². The highest BCUT2D eigenvalue weighted by Gasteiger charge is 2.23. The van der Waals surface area contributed by atoms with Crippen LogP contribution in [0.5, 0.6) is 0 Å². The summed E-state index contributed by atoms with van der Waals surface area (Å²) < 4.78 is 5.85. The molecule has 5 nitrogen and oxygen atoms in total. The number of nitrogens with zero attached hydrogens (tertiary/aromatic N) is 2. The van der Waals surface area contributed by atoms with Crippen molar-refractivity contribution in [3.8, 4) is 17.5 Å². The highest BCUT2D eigenvalue weighted by atomic mass is 35.5. The molecule has 0 unspecified atom stereocenters. The number of thioether (sulfide) groups is 1. The number of nitrogens with one attached hydrogen (secondary N) is 1. The highest BCUT2D eigenvalue weighted by molar-refractivity contribution is 8.18. The smallest absolute Gasteiger partial charge is 0.264 e. The molecule has 1 saturated heterocycles. The number of rotatable bonds is 2. The first-order valence-electron chi connectivity index (χ1n) is 7.59. The second-order valence-corrected chi connectivity index (χ2v) is 6.96. The van der Waals surface area contributed by atoms with Crippen LogP contribution in [-0.2, 0) is 4.79 Å². The lowest BCUT2D eigenvalue weighted by Crippen LogP contribution is -2.19. The summed E-state index contributed by atoms with van der Waals surface area (Å²) in [5, 5.41) is 13.0. The molecule has 0 spiro atoms. The van der Waals surface area contributed by atoms with E-state index < -0.39 is 0 Å². The van der Waals surface area contributed by atoms with Crippen molar-refractivity contribution in [2.75, 3.05) is 0 Å². The Kier molecular flexibility index (Phi) is 4.25. The number of aliphatic imine (C=N–C) groups is 1. The molecule has 4 rings (SSSR count). The van der Waals surface area contributed by atoms with E-state index in [1.54, 1.807) is 18.3 Å².